The summed E-state index contributed by atoms with van der Waals surface area (Å²) >= 11 is 1.21. The third kappa shape index (κ3) is 7.62. The summed E-state index contributed by atoms with van der Waals surface area (Å²) in [5.74, 6) is 0.565. The van der Waals surface area contributed by atoms with Crippen LogP contribution in [0.3, 0.4) is 0 Å². The van der Waals surface area contributed by atoms with Gasteiger partial charge in [0.25, 0.3) is 5.91 Å². The summed E-state index contributed by atoms with van der Waals surface area (Å²) in [5, 5.41) is 3.14. The first-order chi connectivity index (χ1) is 17.0. The fraction of sp³-hybridized carbons (Fsp3) is 0.370. The second-order valence-electron chi connectivity index (χ2n) is 8.02. The van der Waals surface area contributed by atoms with Crippen molar-refractivity contribution < 1.29 is 23.8 Å². The number of rotatable bonds is 12. The number of nitrogens with zero attached hydrogens (tertiary/aromatic N) is 1. The van der Waals surface area contributed by atoms with E-state index >= 15 is 0 Å². The summed E-state index contributed by atoms with van der Waals surface area (Å²) < 4.78 is 16.2. The van der Waals surface area contributed by atoms with Crippen molar-refractivity contribution in [3.8, 4) is 11.5 Å². The zero-order valence-corrected chi connectivity index (χ0v) is 21.3. The van der Waals surface area contributed by atoms with Crippen LogP contribution in [-0.2, 0) is 9.53 Å². The molecule has 35 heavy (non-hydrogen) atoms. The number of amidine groups is 1. The molecule has 0 radical (unpaired) electrons. The molecular formula is C27H32N2O5S. The summed E-state index contributed by atoms with van der Waals surface area (Å²) in [5.41, 5.74) is 1.57. The lowest BCUT2D eigenvalue weighted by molar-refractivity contribution is -0.115. The average molecular weight is 497 g/mol. The lowest BCUT2D eigenvalue weighted by Gasteiger charge is -2.11. The Morgan fingerprint density at radius 2 is 1.80 bits per heavy atom. The maximum Gasteiger partial charge on any atom is 0.340 e. The van der Waals surface area contributed by atoms with Gasteiger partial charge in [-0.3, -0.25) is 4.79 Å². The Morgan fingerprint density at radius 1 is 1.03 bits per heavy atom. The first-order valence-electron chi connectivity index (χ1n) is 11.8. The average Bonchev–Trinajstić information content (AvgIpc) is 3.21. The van der Waals surface area contributed by atoms with Crippen LogP contribution in [-0.4, -0.2) is 37.9 Å². The molecule has 1 N–H and O–H groups in total. The number of hydrogen-bond acceptors (Lipinski definition) is 7. The predicted octanol–water partition coefficient (Wildman–Crippen LogP) is 6.11. The number of nitrogens with one attached hydrogen (secondary N) is 1. The lowest BCUT2D eigenvalue weighted by atomic mass is 10.1. The number of benzene rings is 2. The van der Waals surface area contributed by atoms with Crippen LogP contribution in [0.5, 0.6) is 11.5 Å². The minimum absolute atomic E-state index is 0.258. The molecule has 7 nitrogen and oxygen atoms in total. The zero-order valence-electron chi connectivity index (χ0n) is 20.5. The fourth-order valence-electron chi connectivity index (χ4n) is 3.55. The molecule has 1 aliphatic heterocycles. The number of aliphatic imine (C=N–C) groups is 1. The summed E-state index contributed by atoms with van der Waals surface area (Å²) in [6, 6.07) is 12.4. The number of esters is 1. The van der Waals surface area contributed by atoms with Crippen LogP contribution in [0.4, 0.5) is 5.69 Å². The highest BCUT2D eigenvalue weighted by Gasteiger charge is 2.24. The van der Waals surface area contributed by atoms with Crippen molar-refractivity contribution in [3.05, 3.63) is 58.5 Å². The number of ether oxygens (including phenoxy) is 3. The SMILES string of the molecule is CCCCCCCCOc1ccc(/C=C2\SC(=Nc3ccccc3C(=O)OC)NC2=O)cc1OC. The van der Waals surface area contributed by atoms with Gasteiger partial charge in [0.05, 0.1) is 37.0 Å². The van der Waals surface area contributed by atoms with Gasteiger partial charge in [0.15, 0.2) is 16.7 Å². The molecule has 0 aromatic heterocycles. The van der Waals surface area contributed by atoms with Crippen molar-refractivity contribution in [2.75, 3.05) is 20.8 Å². The summed E-state index contributed by atoms with van der Waals surface area (Å²) in [4.78, 5) is 29.4. The minimum atomic E-state index is -0.485. The Hall–Kier alpha value is -3.26. The fourth-order valence-corrected chi connectivity index (χ4v) is 4.39. The van der Waals surface area contributed by atoms with Crippen molar-refractivity contribution in [2.24, 2.45) is 4.99 Å². The molecule has 0 bridgehead atoms. The molecule has 0 atom stereocenters. The van der Waals surface area contributed by atoms with E-state index in [4.69, 9.17) is 14.2 Å². The predicted molar refractivity (Wildman–Crippen MR) is 140 cm³/mol. The Kier molecular flexibility index (Phi) is 10.2. The summed E-state index contributed by atoms with van der Waals surface area (Å²) in [6.07, 6.45) is 8.99. The number of methoxy groups -OCH3 is 2. The first-order valence-corrected chi connectivity index (χ1v) is 12.6. The molecule has 0 spiro atoms. The molecule has 0 unspecified atom stereocenters. The number of amides is 1. The standard InChI is InChI=1S/C27H32N2O5S/c1-4-5-6-7-8-11-16-34-22-15-14-19(17-23(22)32-2)18-24-25(30)29-27(35-24)28-21-13-10-9-12-20(21)26(31)33-3/h9-10,12-15,17-18H,4-8,11,16H2,1-3H3,(H,28,29,30)/b24-18-. The molecule has 2 aromatic rings. The van der Waals surface area contributed by atoms with Crippen LogP contribution >= 0.6 is 11.8 Å². The van der Waals surface area contributed by atoms with Gasteiger partial charge in [-0.2, -0.15) is 0 Å². The molecule has 186 valence electrons. The van der Waals surface area contributed by atoms with Crippen LogP contribution in [0.1, 0.15) is 61.4 Å². The van der Waals surface area contributed by atoms with Crippen molar-refractivity contribution in [2.45, 2.75) is 45.4 Å². The molecule has 1 amide bonds. The first kappa shape index (κ1) is 26.3. The molecular weight excluding hydrogens is 464 g/mol. The van der Waals surface area contributed by atoms with Crippen molar-refractivity contribution in [3.63, 3.8) is 0 Å². The number of carbonyl (C=O) groups excluding carboxylic acids is 2. The van der Waals surface area contributed by atoms with Crippen molar-refractivity contribution in [1.82, 2.24) is 5.32 Å². The van der Waals surface area contributed by atoms with Gasteiger partial charge >= 0.3 is 5.97 Å². The normalized spacial score (nSPS) is 15.3. The largest absolute Gasteiger partial charge is 0.493 e. The maximum atomic E-state index is 12.5. The van der Waals surface area contributed by atoms with E-state index in [1.165, 1.54) is 44.6 Å². The summed E-state index contributed by atoms with van der Waals surface area (Å²) in [7, 11) is 2.92. The van der Waals surface area contributed by atoms with Crippen LogP contribution < -0.4 is 14.8 Å². The molecule has 8 heteroatoms. The Labute approximate surface area is 210 Å². The maximum absolute atomic E-state index is 12.5. The zero-order chi connectivity index (χ0) is 25.0. The van der Waals surface area contributed by atoms with Gasteiger partial charge in [-0.1, -0.05) is 57.2 Å². The number of para-hydroxylation sites is 1. The van der Waals surface area contributed by atoms with Gasteiger partial charge in [0.2, 0.25) is 0 Å². The van der Waals surface area contributed by atoms with Gasteiger partial charge in [-0.05, 0) is 54.1 Å². The van der Waals surface area contributed by atoms with Gasteiger partial charge in [-0.25, -0.2) is 9.79 Å². The summed E-state index contributed by atoms with van der Waals surface area (Å²) in [6.45, 7) is 2.86. The highest BCUT2D eigenvalue weighted by molar-refractivity contribution is 8.18. The Bertz CT molecular complexity index is 1100. The van der Waals surface area contributed by atoms with Gasteiger partial charge < -0.3 is 19.5 Å². The van der Waals surface area contributed by atoms with Gasteiger partial charge in [0, 0.05) is 0 Å². The van der Waals surface area contributed by atoms with Crippen LogP contribution in [0.2, 0.25) is 0 Å². The molecule has 1 heterocycles. The molecule has 0 aliphatic carbocycles. The van der Waals surface area contributed by atoms with Crippen LogP contribution in [0.15, 0.2) is 52.4 Å². The molecule has 1 fully saturated rings. The van der Waals surface area contributed by atoms with Crippen molar-refractivity contribution >= 4 is 40.6 Å². The van der Waals surface area contributed by atoms with Crippen LogP contribution in [0, 0.1) is 0 Å². The number of unbranched alkanes of at least 4 members (excludes halogenated alkanes) is 5. The minimum Gasteiger partial charge on any atom is -0.493 e. The van der Waals surface area contributed by atoms with Crippen LogP contribution in [0.25, 0.3) is 6.08 Å². The van der Waals surface area contributed by atoms with E-state index in [1.54, 1.807) is 37.5 Å². The molecule has 2 aromatic carbocycles. The number of thioether (sulfide) groups is 1. The highest BCUT2D eigenvalue weighted by Crippen LogP contribution is 2.33. The van der Waals surface area contributed by atoms with E-state index < -0.39 is 5.97 Å². The second-order valence-corrected chi connectivity index (χ2v) is 9.05. The molecule has 1 aliphatic rings. The quantitative estimate of drug-likeness (QED) is 0.217. The van der Waals surface area contributed by atoms with E-state index in [0.29, 0.717) is 39.4 Å². The topological polar surface area (TPSA) is 86.2 Å². The molecule has 3 rings (SSSR count). The third-order valence-electron chi connectivity index (χ3n) is 5.42. The Balaban J connectivity index is 1.66. The Morgan fingerprint density at radius 3 is 2.57 bits per heavy atom. The van der Waals surface area contributed by atoms with Gasteiger partial charge in [-0.15, -0.1) is 0 Å². The number of hydrogen-bond donors (Lipinski definition) is 1. The van der Waals surface area contributed by atoms with E-state index in [9.17, 15) is 9.59 Å². The number of carbonyl (C=O) groups is 2. The highest BCUT2D eigenvalue weighted by atomic mass is 32.2. The molecule has 1 saturated heterocycles. The van der Waals surface area contributed by atoms with Crippen molar-refractivity contribution in [1.29, 1.82) is 0 Å². The molecule has 0 saturated carbocycles. The third-order valence-corrected chi connectivity index (χ3v) is 6.33. The monoisotopic (exact) mass is 496 g/mol. The smallest absolute Gasteiger partial charge is 0.340 e. The van der Waals surface area contributed by atoms with E-state index in [0.717, 1.165) is 18.4 Å². The van der Waals surface area contributed by atoms with Gasteiger partial charge in [0.1, 0.15) is 0 Å². The lowest BCUT2D eigenvalue weighted by Crippen LogP contribution is -2.19. The second kappa shape index (κ2) is 13.6. The van der Waals surface area contributed by atoms with E-state index in [2.05, 4.69) is 17.2 Å². The van der Waals surface area contributed by atoms with E-state index in [1.807, 2.05) is 18.2 Å². The van der Waals surface area contributed by atoms with E-state index in [-0.39, 0.29) is 5.91 Å².